The standard InChI is InChI=1S/C9H5N3OS/c13-9-7-8(14-4-11-7)6-5(12-9)2-1-3-10-6/h1-4H,(H,12,13). The van der Waals surface area contributed by atoms with Crippen molar-refractivity contribution in [3.05, 3.63) is 23.8 Å². The van der Waals surface area contributed by atoms with Crippen LogP contribution in [0.2, 0.25) is 0 Å². The van der Waals surface area contributed by atoms with Gasteiger partial charge < -0.3 is 5.11 Å². The van der Waals surface area contributed by atoms with Gasteiger partial charge in [0.1, 0.15) is 11.0 Å². The molecule has 0 aliphatic rings. The molecular weight excluding hydrogens is 198 g/mol. The van der Waals surface area contributed by atoms with Crippen molar-refractivity contribution in [1.29, 1.82) is 0 Å². The predicted octanol–water partition coefficient (Wildman–Crippen LogP) is 1.95. The second-order valence-corrected chi connectivity index (χ2v) is 3.69. The van der Waals surface area contributed by atoms with Crippen LogP contribution in [-0.2, 0) is 0 Å². The summed E-state index contributed by atoms with van der Waals surface area (Å²) in [4.78, 5) is 12.3. The summed E-state index contributed by atoms with van der Waals surface area (Å²) in [5.74, 6) is -0.0262. The van der Waals surface area contributed by atoms with Crippen LogP contribution in [0.25, 0.3) is 21.3 Å². The molecule has 0 radical (unpaired) electrons. The first-order valence-electron chi connectivity index (χ1n) is 4.03. The molecule has 0 saturated heterocycles. The third-order valence-corrected chi connectivity index (χ3v) is 2.84. The van der Waals surface area contributed by atoms with Crippen molar-refractivity contribution in [2.45, 2.75) is 0 Å². The van der Waals surface area contributed by atoms with Crippen molar-refractivity contribution in [3.8, 4) is 5.88 Å². The van der Waals surface area contributed by atoms with E-state index in [2.05, 4.69) is 15.0 Å². The number of pyridine rings is 2. The largest absolute Gasteiger partial charge is 0.492 e. The van der Waals surface area contributed by atoms with Crippen LogP contribution < -0.4 is 0 Å². The van der Waals surface area contributed by atoms with Crippen LogP contribution >= 0.6 is 11.3 Å². The average Bonchev–Trinajstić information content (AvgIpc) is 2.67. The second-order valence-electron chi connectivity index (χ2n) is 2.84. The number of thiazole rings is 1. The Balaban J connectivity index is 2.66. The molecule has 0 aromatic carbocycles. The van der Waals surface area contributed by atoms with Crippen LogP contribution in [0.1, 0.15) is 0 Å². The Hall–Kier alpha value is -1.75. The number of rotatable bonds is 0. The van der Waals surface area contributed by atoms with Gasteiger partial charge >= 0.3 is 0 Å². The summed E-state index contributed by atoms with van der Waals surface area (Å²) in [7, 11) is 0. The Morgan fingerprint density at radius 2 is 2.14 bits per heavy atom. The van der Waals surface area contributed by atoms with Gasteiger partial charge in [0.15, 0.2) is 0 Å². The van der Waals surface area contributed by atoms with Gasteiger partial charge in [0.05, 0.1) is 15.7 Å². The highest BCUT2D eigenvalue weighted by Gasteiger charge is 2.09. The van der Waals surface area contributed by atoms with E-state index in [0.717, 1.165) is 10.2 Å². The first kappa shape index (κ1) is 7.64. The van der Waals surface area contributed by atoms with Crippen molar-refractivity contribution in [3.63, 3.8) is 0 Å². The maximum Gasteiger partial charge on any atom is 0.239 e. The first-order valence-corrected chi connectivity index (χ1v) is 4.91. The number of nitrogens with zero attached hydrogens (tertiary/aromatic N) is 3. The molecule has 0 spiro atoms. The first-order chi connectivity index (χ1) is 6.86. The minimum absolute atomic E-state index is 0.0262. The normalized spacial score (nSPS) is 11.1. The average molecular weight is 203 g/mol. The van der Waals surface area contributed by atoms with E-state index in [1.807, 2.05) is 6.07 Å². The van der Waals surface area contributed by atoms with Gasteiger partial charge in [-0.25, -0.2) is 9.97 Å². The molecule has 3 aromatic heterocycles. The van der Waals surface area contributed by atoms with Crippen molar-refractivity contribution in [2.75, 3.05) is 0 Å². The SMILES string of the molecule is Oc1nc2cccnc2c2scnc12. The fraction of sp³-hybridized carbons (Fsp3) is 0. The van der Waals surface area contributed by atoms with Gasteiger partial charge in [-0.15, -0.1) is 11.3 Å². The van der Waals surface area contributed by atoms with Crippen LogP contribution in [0.4, 0.5) is 0 Å². The molecule has 3 heterocycles. The minimum atomic E-state index is -0.0262. The molecule has 0 saturated carbocycles. The summed E-state index contributed by atoms with van der Waals surface area (Å²) < 4.78 is 0.883. The molecule has 0 fully saturated rings. The molecule has 0 unspecified atom stereocenters. The number of fused-ring (bicyclic) bond motifs is 3. The van der Waals surface area contributed by atoms with E-state index in [9.17, 15) is 5.11 Å². The fourth-order valence-corrected chi connectivity index (χ4v) is 2.19. The predicted molar refractivity (Wildman–Crippen MR) is 54.4 cm³/mol. The van der Waals surface area contributed by atoms with Gasteiger partial charge in [-0.2, -0.15) is 0 Å². The van der Waals surface area contributed by atoms with Crippen molar-refractivity contribution in [2.24, 2.45) is 0 Å². The Morgan fingerprint density at radius 3 is 3.07 bits per heavy atom. The van der Waals surface area contributed by atoms with Crippen molar-refractivity contribution >= 4 is 32.6 Å². The highest BCUT2D eigenvalue weighted by molar-refractivity contribution is 7.17. The number of hydrogen-bond acceptors (Lipinski definition) is 5. The van der Waals surface area contributed by atoms with Crippen molar-refractivity contribution in [1.82, 2.24) is 15.0 Å². The van der Waals surface area contributed by atoms with E-state index in [1.54, 1.807) is 17.8 Å². The van der Waals surface area contributed by atoms with Gasteiger partial charge in [0, 0.05) is 6.20 Å². The summed E-state index contributed by atoms with van der Waals surface area (Å²) in [6, 6.07) is 3.61. The van der Waals surface area contributed by atoms with E-state index >= 15 is 0 Å². The van der Waals surface area contributed by atoms with E-state index in [4.69, 9.17) is 0 Å². The van der Waals surface area contributed by atoms with Gasteiger partial charge in [0.25, 0.3) is 0 Å². The van der Waals surface area contributed by atoms with Gasteiger partial charge in [-0.05, 0) is 12.1 Å². The topological polar surface area (TPSA) is 58.9 Å². The fourth-order valence-electron chi connectivity index (χ4n) is 1.40. The molecular formula is C9H5N3OS. The van der Waals surface area contributed by atoms with E-state index in [-0.39, 0.29) is 5.88 Å². The lowest BCUT2D eigenvalue weighted by Crippen LogP contribution is -1.83. The maximum absolute atomic E-state index is 9.56. The molecule has 0 aliphatic heterocycles. The van der Waals surface area contributed by atoms with Crippen LogP contribution in [0.3, 0.4) is 0 Å². The highest BCUT2D eigenvalue weighted by Crippen LogP contribution is 2.30. The third kappa shape index (κ3) is 0.898. The molecule has 3 rings (SSSR count). The molecule has 0 atom stereocenters. The van der Waals surface area contributed by atoms with Crippen LogP contribution in [0.15, 0.2) is 23.8 Å². The number of aromatic nitrogens is 3. The lowest BCUT2D eigenvalue weighted by molar-refractivity contribution is 0.461. The number of aromatic hydroxyl groups is 1. The molecule has 5 heteroatoms. The zero-order valence-corrected chi connectivity index (χ0v) is 7.82. The Bertz CT molecular complexity index is 620. The Morgan fingerprint density at radius 1 is 1.21 bits per heavy atom. The lowest BCUT2D eigenvalue weighted by atomic mass is 10.3. The smallest absolute Gasteiger partial charge is 0.239 e. The highest BCUT2D eigenvalue weighted by atomic mass is 32.1. The summed E-state index contributed by atoms with van der Waals surface area (Å²) >= 11 is 1.46. The van der Waals surface area contributed by atoms with E-state index in [1.165, 1.54) is 11.3 Å². The quantitative estimate of drug-likeness (QED) is 0.606. The molecule has 68 valence electrons. The monoisotopic (exact) mass is 203 g/mol. The van der Waals surface area contributed by atoms with Crippen molar-refractivity contribution < 1.29 is 5.11 Å². The molecule has 14 heavy (non-hydrogen) atoms. The number of hydrogen-bond donors (Lipinski definition) is 1. The summed E-state index contributed by atoms with van der Waals surface area (Å²) in [6.45, 7) is 0. The van der Waals surface area contributed by atoms with Crippen LogP contribution in [0, 0.1) is 0 Å². The minimum Gasteiger partial charge on any atom is -0.492 e. The van der Waals surface area contributed by atoms with Gasteiger partial charge in [-0.3, -0.25) is 4.98 Å². The van der Waals surface area contributed by atoms with Gasteiger partial charge in [0.2, 0.25) is 5.88 Å². The summed E-state index contributed by atoms with van der Waals surface area (Å²) in [6.07, 6.45) is 1.71. The molecule has 0 amide bonds. The maximum atomic E-state index is 9.56. The second kappa shape index (κ2) is 2.62. The van der Waals surface area contributed by atoms with E-state index in [0.29, 0.717) is 11.0 Å². The van der Waals surface area contributed by atoms with E-state index < -0.39 is 0 Å². The van der Waals surface area contributed by atoms with Gasteiger partial charge in [-0.1, -0.05) is 0 Å². The third-order valence-electron chi connectivity index (χ3n) is 2.01. The zero-order chi connectivity index (χ0) is 9.54. The lowest BCUT2D eigenvalue weighted by Gasteiger charge is -1.97. The van der Waals surface area contributed by atoms with Crippen LogP contribution in [0.5, 0.6) is 5.88 Å². The Kier molecular flexibility index (Phi) is 1.43. The summed E-state index contributed by atoms with van der Waals surface area (Å²) in [5, 5.41) is 9.56. The molecule has 3 aromatic rings. The molecule has 4 nitrogen and oxygen atoms in total. The van der Waals surface area contributed by atoms with Crippen LogP contribution in [-0.4, -0.2) is 20.1 Å². The molecule has 0 aliphatic carbocycles. The zero-order valence-electron chi connectivity index (χ0n) is 7.01. The molecule has 1 N–H and O–H groups in total. The summed E-state index contributed by atoms with van der Waals surface area (Å²) in [5.41, 5.74) is 3.70. The Labute approximate surface area is 82.9 Å². The molecule has 0 bridgehead atoms.